The van der Waals surface area contributed by atoms with Crippen LogP contribution in [0.15, 0.2) is 22.7 Å². The number of benzene rings is 1. The maximum Gasteiger partial charge on any atom is 0.251 e. The molecule has 1 aromatic carbocycles. The lowest BCUT2D eigenvalue weighted by Crippen LogP contribution is -2.29. The molecule has 0 unspecified atom stereocenters. The Labute approximate surface area is 130 Å². The smallest absolute Gasteiger partial charge is 0.251 e. The molecule has 1 rings (SSSR count). The van der Waals surface area contributed by atoms with Crippen LogP contribution < -0.4 is 5.32 Å². The van der Waals surface area contributed by atoms with E-state index in [2.05, 4.69) is 47.0 Å². The van der Waals surface area contributed by atoms with Crippen molar-refractivity contribution in [3.63, 3.8) is 0 Å². The van der Waals surface area contributed by atoms with Crippen LogP contribution in [-0.4, -0.2) is 37.0 Å². The first-order chi connectivity index (χ1) is 9.41. The average molecular weight is 341 g/mol. The molecule has 0 aliphatic rings. The molecule has 0 aliphatic carbocycles. The van der Waals surface area contributed by atoms with E-state index in [0.29, 0.717) is 11.6 Å². The lowest BCUT2D eigenvalue weighted by Gasteiger charge is -2.20. The number of amides is 1. The lowest BCUT2D eigenvalue weighted by molar-refractivity contribution is 0.0952. The molecular formula is C16H25BrN2O. The minimum atomic E-state index is 0.00270. The molecule has 0 bridgehead atoms. The zero-order chi connectivity index (χ0) is 15.1. The van der Waals surface area contributed by atoms with Gasteiger partial charge in [-0.25, -0.2) is 0 Å². The molecule has 0 aromatic heterocycles. The molecule has 0 aliphatic heterocycles. The van der Waals surface area contributed by atoms with Crippen molar-refractivity contribution in [1.82, 2.24) is 10.2 Å². The van der Waals surface area contributed by atoms with E-state index in [1.54, 1.807) is 0 Å². The zero-order valence-corrected chi connectivity index (χ0v) is 14.5. The van der Waals surface area contributed by atoms with Gasteiger partial charge in [0.05, 0.1) is 0 Å². The van der Waals surface area contributed by atoms with Crippen LogP contribution in [0.3, 0.4) is 0 Å². The number of nitrogens with one attached hydrogen (secondary N) is 1. The second-order valence-electron chi connectivity index (χ2n) is 5.50. The number of aryl methyl sites for hydroxylation is 1. The van der Waals surface area contributed by atoms with E-state index in [1.807, 2.05) is 25.1 Å². The van der Waals surface area contributed by atoms with Gasteiger partial charge in [0, 0.05) is 22.6 Å². The summed E-state index contributed by atoms with van der Waals surface area (Å²) in [7, 11) is 2.13. The van der Waals surface area contributed by atoms with E-state index < -0.39 is 0 Å². The molecule has 0 saturated carbocycles. The van der Waals surface area contributed by atoms with Gasteiger partial charge in [0.2, 0.25) is 0 Å². The summed E-state index contributed by atoms with van der Waals surface area (Å²) in [6.07, 6.45) is 2.11. The Morgan fingerprint density at radius 1 is 1.35 bits per heavy atom. The van der Waals surface area contributed by atoms with Gasteiger partial charge in [0.15, 0.2) is 0 Å². The van der Waals surface area contributed by atoms with Crippen molar-refractivity contribution in [3.8, 4) is 0 Å². The first-order valence-corrected chi connectivity index (χ1v) is 7.95. The first kappa shape index (κ1) is 17.2. The number of nitrogens with zero attached hydrogens (tertiary/aromatic N) is 1. The number of carbonyl (C=O) groups excluding carboxylic acids is 1. The average Bonchev–Trinajstić information content (AvgIpc) is 2.40. The summed E-state index contributed by atoms with van der Waals surface area (Å²) in [5.41, 5.74) is 1.85. The van der Waals surface area contributed by atoms with E-state index in [9.17, 15) is 4.79 Å². The van der Waals surface area contributed by atoms with Crippen LogP contribution in [0.25, 0.3) is 0 Å². The summed E-state index contributed by atoms with van der Waals surface area (Å²) in [5.74, 6) is 0.00270. The highest BCUT2D eigenvalue weighted by atomic mass is 79.9. The quantitative estimate of drug-likeness (QED) is 0.769. The summed E-state index contributed by atoms with van der Waals surface area (Å²) in [5, 5.41) is 2.97. The topological polar surface area (TPSA) is 32.3 Å². The summed E-state index contributed by atoms with van der Waals surface area (Å²) < 4.78 is 0.976. The molecule has 20 heavy (non-hydrogen) atoms. The third-order valence-corrected chi connectivity index (χ3v) is 4.39. The molecule has 3 nitrogen and oxygen atoms in total. The van der Waals surface area contributed by atoms with E-state index in [-0.39, 0.29) is 5.91 Å². The Bertz CT molecular complexity index is 446. The molecule has 0 saturated heterocycles. The van der Waals surface area contributed by atoms with E-state index >= 15 is 0 Å². The van der Waals surface area contributed by atoms with Gasteiger partial charge in [0.1, 0.15) is 0 Å². The fraction of sp³-hybridized carbons (Fsp3) is 0.562. The number of hydrogen-bond acceptors (Lipinski definition) is 2. The molecule has 0 fully saturated rings. The molecule has 0 heterocycles. The van der Waals surface area contributed by atoms with Crippen LogP contribution in [0.4, 0.5) is 0 Å². The third-order valence-electron chi connectivity index (χ3n) is 3.54. The van der Waals surface area contributed by atoms with Crippen LogP contribution in [0.1, 0.15) is 42.6 Å². The second kappa shape index (κ2) is 8.42. The van der Waals surface area contributed by atoms with Crippen molar-refractivity contribution >= 4 is 21.8 Å². The van der Waals surface area contributed by atoms with Crippen molar-refractivity contribution in [2.45, 2.75) is 39.7 Å². The van der Waals surface area contributed by atoms with Gasteiger partial charge in [0.25, 0.3) is 5.91 Å². The van der Waals surface area contributed by atoms with Crippen LogP contribution in [0.5, 0.6) is 0 Å². The standard InChI is InChI=1S/C16H25BrN2O/c1-12(2)19(4)10-6-5-9-18-16(20)14-8-7-13(3)15(17)11-14/h7-8,11-12H,5-6,9-10H2,1-4H3,(H,18,20). The minimum Gasteiger partial charge on any atom is -0.352 e. The van der Waals surface area contributed by atoms with Gasteiger partial charge in [-0.05, 0) is 64.9 Å². The van der Waals surface area contributed by atoms with Crippen molar-refractivity contribution in [2.24, 2.45) is 0 Å². The second-order valence-corrected chi connectivity index (χ2v) is 6.36. The van der Waals surface area contributed by atoms with E-state index in [4.69, 9.17) is 0 Å². The fourth-order valence-electron chi connectivity index (χ4n) is 1.78. The van der Waals surface area contributed by atoms with Crippen molar-refractivity contribution in [3.05, 3.63) is 33.8 Å². The summed E-state index contributed by atoms with van der Waals surface area (Å²) >= 11 is 3.45. The van der Waals surface area contributed by atoms with Crippen LogP contribution in [0.2, 0.25) is 0 Å². The molecule has 0 atom stereocenters. The summed E-state index contributed by atoms with van der Waals surface area (Å²) in [4.78, 5) is 14.3. The monoisotopic (exact) mass is 340 g/mol. The largest absolute Gasteiger partial charge is 0.352 e. The number of hydrogen-bond donors (Lipinski definition) is 1. The number of carbonyl (C=O) groups is 1. The molecule has 0 spiro atoms. The molecular weight excluding hydrogens is 316 g/mol. The summed E-state index contributed by atoms with van der Waals surface area (Å²) in [6, 6.07) is 6.27. The molecule has 112 valence electrons. The minimum absolute atomic E-state index is 0.00270. The normalized spacial score (nSPS) is 11.2. The predicted octanol–water partition coefficient (Wildman–Crippen LogP) is 3.61. The molecule has 0 radical (unpaired) electrons. The Morgan fingerprint density at radius 2 is 2.05 bits per heavy atom. The highest BCUT2D eigenvalue weighted by Crippen LogP contribution is 2.17. The van der Waals surface area contributed by atoms with Crippen molar-refractivity contribution in [2.75, 3.05) is 20.1 Å². The lowest BCUT2D eigenvalue weighted by atomic mass is 10.1. The number of rotatable bonds is 7. The summed E-state index contributed by atoms with van der Waals surface area (Å²) in [6.45, 7) is 8.20. The number of unbranched alkanes of at least 4 members (excludes halogenated alkanes) is 1. The van der Waals surface area contributed by atoms with Crippen LogP contribution in [-0.2, 0) is 0 Å². The van der Waals surface area contributed by atoms with Crippen molar-refractivity contribution in [1.29, 1.82) is 0 Å². The SMILES string of the molecule is Cc1ccc(C(=O)NCCCCN(C)C(C)C)cc1Br. The third kappa shape index (κ3) is 5.63. The van der Waals surface area contributed by atoms with Crippen molar-refractivity contribution < 1.29 is 4.79 Å². The zero-order valence-electron chi connectivity index (χ0n) is 12.9. The molecule has 1 amide bonds. The van der Waals surface area contributed by atoms with Gasteiger partial charge in [-0.3, -0.25) is 4.79 Å². The Hall–Kier alpha value is -0.870. The van der Waals surface area contributed by atoms with E-state index in [0.717, 1.165) is 36.0 Å². The predicted molar refractivity (Wildman–Crippen MR) is 88.2 cm³/mol. The van der Waals surface area contributed by atoms with Gasteiger partial charge in [-0.2, -0.15) is 0 Å². The Balaban J connectivity index is 2.28. The van der Waals surface area contributed by atoms with Crippen LogP contribution in [0, 0.1) is 6.92 Å². The highest BCUT2D eigenvalue weighted by molar-refractivity contribution is 9.10. The Kier molecular flexibility index (Phi) is 7.24. The Morgan fingerprint density at radius 3 is 2.65 bits per heavy atom. The first-order valence-electron chi connectivity index (χ1n) is 7.16. The fourth-order valence-corrected chi connectivity index (χ4v) is 2.16. The highest BCUT2D eigenvalue weighted by Gasteiger charge is 2.07. The van der Waals surface area contributed by atoms with E-state index in [1.165, 1.54) is 0 Å². The maximum absolute atomic E-state index is 12.0. The molecule has 1 N–H and O–H groups in total. The maximum atomic E-state index is 12.0. The molecule has 4 heteroatoms. The molecule has 1 aromatic rings. The van der Waals surface area contributed by atoms with Crippen LogP contribution >= 0.6 is 15.9 Å². The number of halogens is 1. The van der Waals surface area contributed by atoms with Gasteiger partial charge >= 0.3 is 0 Å². The van der Waals surface area contributed by atoms with Gasteiger partial charge in [-0.1, -0.05) is 22.0 Å². The van der Waals surface area contributed by atoms with Gasteiger partial charge < -0.3 is 10.2 Å². The van der Waals surface area contributed by atoms with Gasteiger partial charge in [-0.15, -0.1) is 0 Å².